The van der Waals surface area contributed by atoms with Crippen molar-refractivity contribution in [3.63, 3.8) is 0 Å². The van der Waals surface area contributed by atoms with E-state index in [1.54, 1.807) is 6.07 Å². The number of rotatable bonds is 6. The first kappa shape index (κ1) is 16.1. The van der Waals surface area contributed by atoms with E-state index in [0.717, 1.165) is 0 Å². The Balaban J connectivity index is 1.63. The predicted molar refractivity (Wildman–Crippen MR) is 95.2 cm³/mol. The molecule has 24 heavy (non-hydrogen) atoms. The second-order valence-corrected chi connectivity index (χ2v) is 6.08. The van der Waals surface area contributed by atoms with Crippen LogP contribution in [0.15, 0.2) is 59.4 Å². The lowest BCUT2D eigenvalue weighted by atomic mass is 9.94. The summed E-state index contributed by atoms with van der Waals surface area (Å²) in [6.45, 7) is 2.06. The highest BCUT2D eigenvalue weighted by atomic mass is 16.1. The Labute approximate surface area is 140 Å². The molecule has 0 aliphatic rings. The number of benzene rings is 2. The first-order chi connectivity index (χ1) is 11.6. The number of carbonyl (C=O) groups is 1. The van der Waals surface area contributed by atoms with Crippen LogP contribution in [0.1, 0.15) is 37.1 Å². The summed E-state index contributed by atoms with van der Waals surface area (Å²) < 4.78 is 0. The number of hydrogen-bond donors (Lipinski definition) is 1. The zero-order valence-corrected chi connectivity index (χ0v) is 13.7. The molecular formula is C20H20N2O2. The number of nitrogens with one attached hydrogen (secondary N) is 1. The Kier molecular flexibility index (Phi) is 4.85. The number of aromatic nitrogens is 2. The molecule has 0 spiro atoms. The Morgan fingerprint density at radius 2 is 1.79 bits per heavy atom. The minimum Gasteiger partial charge on any atom is -0.310 e. The van der Waals surface area contributed by atoms with Gasteiger partial charge < -0.3 is 4.98 Å². The van der Waals surface area contributed by atoms with Crippen LogP contribution in [-0.4, -0.2) is 15.8 Å². The van der Waals surface area contributed by atoms with Gasteiger partial charge in [0.05, 0.1) is 10.9 Å². The van der Waals surface area contributed by atoms with E-state index in [4.69, 9.17) is 0 Å². The highest BCUT2D eigenvalue weighted by molar-refractivity contribution is 5.80. The first-order valence-electron chi connectivity index (χ1n) is 8.18. The zero-order valence-electron chi connectivity index (χ0n) is 13.7. The minimum atomic E-state index is -0.152. The van der Waals surface area contributed by atoms with Crippen molar-refractivity contribution in [2.24, 2.45) is 0 Å². The summed E-state index contributed by atoms with van der Waals surface area (Å²) in [5, 5.41) is 0.574. The number of fused-ring (bicyclic) bond motifs is 1. The molecule has 122 valence electrons. The normalized spacial score (nSPS) is 12.2. The van der Waals surface area contributed by atoms with Crippen LogP contribution in [0.5, 0.6) is 0 Å². The molecule has 2 aromatic carbocycles. The van der Waals surface area contributed by atoms with Crippen LogP contribution in [0, 0.1) is 0 Å². The lowest BCUT2D eigenvalue weighted by Crippen LogP contribution is -2.13. The van der Waals surface area contributed by atoms with Crippen molar-refractivity contribution >= 4 is 16.7 Å². The lowest BCUT2D eigenvalue weighted by molar-refractivity contribution is -0.119. The monoisotopic (exact) mass is 320 g/mol. The van der Waals surface area contributed by atoms with Gasteiger partial charge in [-0.2, -0.15) is 0 Å². The van der Waals surface area contributed by atoms with Gasteiger partial charge in [-0.1, -0.05) is 49.4 Å². The van der Waals surface area contributed by atoms with Crippen LogP contribution in [0.4, 0.5) is 0 Å². The first-order valence-corrected chi connectivity index (χ1v) is 8.18. The van der Waals surface area contributed by atoms with E-state index in [1.165, 1.54) is 5.56 Å². The molecular weight excluding hydrogens is 300 g/mol. The van der Waals surface area contributed by atoms with Crippen molar-refractivity contribution < 1.29 is 4.79 Å². The Morgan fingerprint density at radius 3 is 2.58 bits per heavy atom. The van der Waals surface area contributed by atoms with Gasteiger partial charge in [0.1, 0.15) is 11.6 Å². The number of hydrogen-bond acceptors (Lipinski definition) is 3. The predicted octanol–water partition coefficient (Wildman–Crippen LogP) is 3.62. The summed E-state index contributed by atoms with van der Waals surface area (Å²) in [7, 11) is 0. The molecule has 0 saturated heterocycles. The van der Waals surface area contributed by atoms with Crippen LogP contribution in [0.3, 0.4) is 0 Å². The van der Waals surface area contributed by atoms with Crippen LogP contribution in [0.25, 0.3) is 10.9 Å². The van der Waals surface area contributed by atoms with Crippen LogP contribution >= 0.6 is 0 Å². The highest BCUT2D eigenvalue weighted by Crippen LogP contribution is 2.19. The van der Waals surface area contributed by atoms with Gasteiger partial charge in [-0.15, -0.1) is 0 Å². The number of Topliss-reactive ketones (excluding diaryl/α,β-unsaturated/α-hetero) is 1. The van der Waals surface area contributed by atoms with E-state index in [0.29, 0.717) is 36.0 Å². The van der Waals surface area contributed by atoms with Gasteiger partial charge >= 0.3 is 0 Å². The third kappa shape index (κ3) is 3.77. The number of nitrogens with zero attached hydrogens (tertiary/aromatic N) is 1. The van der Waals surface area contributed by atoms with Crippen LogP contribution in [-0.2, 0) is 11.2 Å². The van der Waals surface area contributed by atoms with Gasteiger partial charge in [0.15, 0.2) is 0 Å². The average Bonchev–Trinajstić information content (AvgIpc) is 2.61. The summed E-state index contributed by atoms with van der Waals surface area (Å²) >= 11 is 0. The van der Waals surface area contributed by atoms with E-state index in [1.807, 2.05) is 48.5 Å². The number of carbonyl (C=O) groups excluding carboxylic acids is 1. The Hall–Kier alpha value is -2.75. The maximum atomic E-state index is 12.2. The van der Waals surface area contributed by atoms with Gasteiger partial charge in [0.25, 0.3) is 5.56 Å². The van der Waals surface area contributed by atoms with Gasteiger partial charge in [0, 0.05) is 19.3 Å². The van der Waals surface area contributed by atoms with Crippen molar-refractivity contribution in [2.75, 3.05) is 0 Å². The fraction of sp³-hybridized carbons (Fsp3) is 0.250. The molecule has 0 aliphatic heterocycles. The smallest absolute Gasteiger partial charge is 0.258 e. The second-order valence-electron chi connectivity index (χ2n) is 6.08. The van der Waals surface area contributed by atoms with Crippen LogP contribution in [0.2, 0.25) is 0 Å². The molecule has 1 heterocycles. The fourth-order valence-corrected chi connectivity index (χ4v) is 2.85. The largest absolute Gasteiger partial charge is 0.310 e. The third-order valence-electron chi connectivity index (χ3n) is 4.21. The summed E-state index contributed by atoms with van der Waals surface area (Å²) in [4.78, 5) is 31.5. The Bertz CT molecular complexity index is 900. The third-order valence-corrected chi connectivity index (χ3v) is 4.21. The molecule has 0 bridgehead atoms. The molecule has 0 saturated carbocycles. The average molecular weight is 320 g/mol. The maximum absolute atomic E-state index is 12.2. The zero-order chi connectivity index (χ0) is 16.9. The van der Waals surface area contributed by atoms with E-state index in [-0.39, 0.29) is 17.3 Å². The van der Waals surface area contributed by atoms with Crippen LogP contribution < -0.4 is 5.56 Å². The van der Waals surface area contributed by atoms with E-state index >= 15 is 0 Å². The quantitative estimate of drug-likeness (QED) is 0.754. The fourth-order valence-electron chi connectivity index (χ4n) is 2.85. The van der Waals surface area contributed by atoms with Crippen molar-refractivity contribution in [2.45, 2.75) is 32.1 Å². The molecule has 0 amide bonds. The molecule has 0 radical (unpaired) electrons. The van der Waals surface area contributed by atoms with Crippen molar-refractivity contribution in [3.8, 4) is 0 Å². The van der Waals surface area contributed by atoms with Crippen molar-refractivity contribution in [1.29, 1.82) is 0 Å². The molecule has 0 aliphatic carbocycles. The molecule has 3 aromatic rings. The number of para-hydroxylation sites is 1. The summed E-state index contributed by atoms with van der Waals surface area (Å²) in [6.07, 6.45) is 1.35. The molecule has 4 heteroatoms. The van der Waals surface area contributed by atoms with Crippen molar-refractivity contribution in [3.05, 3.63) is 76.3 Å². The molecule has 4 nitrogen and oxygen atoms in total. The van der Waals surface area contributed by atoms with Gasteiger partial charge in [-0.25, -0.2) is 4.98 Å². The molecule has 1 aromatic heterocycles. The summed E-state index contributed by atoms with van der Waals surface area (Å²) in [5.41, 5.74) is 1.69. The van der Waals surface area contributed by atoms with E-state index in [9.17, 15) is 9.59 Å². The molecule has 1 N–H and O–H groups in total. The Morgan fingerprint density at radius 1 is 1.08 bits per heavy atom. The number of aryl methyl sites for hydroxylation is 1. The molecule has 3 rings (SSSR count). The summed E-state index contributed by atoms with van der Waals surface area (Å²) in [6, 6.07) is 17.3. The maximum Gasteiger partial charge on any atom is 0.258 e. The molecule has 0 fully saturated rings. The summed E-state index contributed by atoms with van der Waals surface area (Å²) in [5.74, 6) is 0.948. The minimum absolute atomic E-state index is 0.152. The second kappa shape index (κ2) is 7.21. The van der Waals surface area contributed by atoms with Gasteiger partial charge in [0.2, 0.25) is 0 Å². The van der Waals surface area contributed by atoms with Crippen molar-refractivity contribution in [1.82, 2.24) is 9.97 Å². The standard InChI is InChI=1S/C20H20N2O2/c1-14(15-7-3-2-4-8-15)13-16(23)11-12-19-21-18-10-6-5-9-17(18)20(24)22-19/h2-10,14H,11-13H2,1H3,(H,21,22,24)/t14-/m1/s1. The molecule has 1 atom stereocenters. The highest BCUT2D eigenvalue weighted by Gasteiger charge is 2.12. The van der Waals surface area contributed by atoms with E-state index in [2.05, 4.69) is 16.9 Å². The molecule has 0 unspecified atom stereocenters. The number of ketones is 1. The van der Waals surface area contributed by atoms with E-state index < -0.39 is 0 Å². The number of aromatic amines is 1. The number of H-pyrrole nitrogens is 1. The lowest BCUT2D eigenvalue weighted by Gasteiger charge is -2.10. The topological polar surface area (TPSA) is 62.8 Å². The van der Waals surface area contributed by atoms with Gasteiger partial charge in [-0.05, 0) is 23.6 Å². The van der Waals surface area contributed by atoms with Gasteiger partial charge in [-0.3, -0.25) is 9.59 Å². The SMILES string of the molecule is C[C@H](CC(=O)CCc1nc2ccccc2c(=O)[nH]1)c1ccccc1.